The van der Waals surface area contributed by atoms with Gasteiger partial charge in [-0.05, 0) is 47.2 Å². The topological polar surface area (TPSA) is 0 Å². The molecule has 0 fully saturated rings. The first-order chi connectivity index (χ1) is 10.2. The van der Waals surface area contributed by atoms with E-state index in [1.807, 2.05) is 0 Å². The molecule has 2 radical (unpaired) electrons. The molecule has 0 spiro atoms. The lowest BCUT2D eigenvalue weighted by Gasteiger charge is -2.16. The van der Waals surface area contributed by atoms with Gasteiger partial charge < -0.3 is 0 Å². The molecule has 1 heteroatoms. The summed E-state index contributed by atoms with van der Waals surface area (Å²) in [5, 5.41) is 0. The first kappa shape index (κ1) is 12.8. The van der Waals surface area contributed by atoms with Crippen LogP contribution in [0.25, 0.3) is 12.2 Å². The van der Waals surface area contributed by atoms with Crippen LogP contribution in [0.4, 0.5) is 0 Å². The van der Waals surface area contributed by atoms with E-state index < -0.39 is 0 Å². The minimum atomic E-state index is 0.586. The van der Waals surface area contributed by atoms with Gasteiger partial charge in [-0.25, -0.2) is 0 Å². The minimum Gasteiger partial charge on any atom is -0.0796 e. The SMILES string of the molecule is Cc1ccc2c(c1)C=CC2[Si]C1C=Cc2cc(C)ccc21. The van der Waals surface area contributed by atoms with Crippen molar-refractivity contribution in [3.05, 3.63) is 81.9 Å². The van der Waals surface area contributed by atoms with E-state index in [0.717, 1.165) is 9.52 Å². The molecule has 0 amide bonds. The molecule has 0 saturated heterocycles. The molecule has 21 heavy (non-hydrogen) atoms. The number of rotatable bonds is 2. The standard InChI is InChI=1S/C20H18Si/c1-13-3-7-17-15(11-13)5-9-19(17)21-20-10-6-16-12-14(2)4-8-18(16)20/h3-12,19-20H,1-2H3. The normalized spacial score (nSPS) is 21.6. The van der Waals surface area contributed by atoms with Crippen LogP contribution in [0.2, 0.25) is 0 Å². The lowest BCUT2D eigenvalue weighted by Crippen LogP contribution is -2.12. The van der Waals surface area contributed by atoms with Gasteiger partial charge in [0.2, 0.25) is 0 Å². The van der Waals surface area contributed by atoms with Gasteiger partial charge in [0, 0.05) is 0 Å². The smallest absolute Gasteiger partial charge is 0.0670 e. The molecule has 0 heterocycles. The summed E-state index contributed by atoms with van der Waals surface area (Å²) in [5.41, 5.74) is 9.72. The zero-order valence-electron chi connectivity index (χ0n) is 12.4. The van der Waals surface area contributed by atoms with Gasteiger partial charge in [0.05, 0.1) is 9.52 Å². The summed E-state index contributed by atoms with van der Waals surface area (Å²) in [6, 6.07) is 13.7. The van der Waals surface area contributed by atoms with E-state index in [0.29, 0.717) is 11.1 Å². The molecular weight excluding hydrogens is 268 g/mol. The molecule has 0 N–H and O–H groups in total. The van der Waals surface area contributed by atoms with Crippen molar-refractivity contribution in [2.24, 2.45) is 0 Å². The van der Waals surface area contributed by atoms with Crippen LogP contribution in [0.5, 0.6) is 0 Å². The number of hydrogen-bond acceptors (Lipinski definition) is 0. The van der Waals surface area contributed by atoms with Crippen molar-refractivity contribution in [3.8, 4) is 0 Å². The van der Waals surface area contributed by atoms with Gasteiger partial charge in [0.1, 0.15) is 0 Å². The Hall–Kier alpha value is -1.86. The van der Waals surface area contributed by atoms with E-state index in [2.05, 4.69) is 74.5 Å². The second-order valence-corrected chi connectivity index (χ2v) is 7.68. The second-order valence-electron chi connectivity index (χ2n) is 6.10. The lowest BCUT2D eigenvalue weighted by atomic mass is 10.1. The van der Waals surface area contributed by atoms with Crippen molar-refractivity contribution in [1.29, 1.82) is 0 Å². The summed E-state index contributed by atoms with van der Waals surface area (Å²) in [6.45, 7) is 4.34. The maximum atomic E-state index is 2.39. The van der Waals surface area contributed by atoms with Crippen LogP contribution >= 0.6 is 0 Å². The second kappa shape index (κ2) is 4.85. The van der Waals surface area contributed by atoms with Crippen LogP contribution in [0, 0.1) is 13.8 Å². The Labute approximate surface area is 129 Å². The van der Waals surface area contributed by atoms with Gasteiger partial charge in [0.25, 0.3) is 0 Å². The first-order valence-corrected chi connectivity index (χ1v) is 8.70. The van der Waals surface area contributed by atoms with E-state index in [1.165, 1.54) is 33.4 Å². The molecule has 4 rings (SSSR count). The van der Waals surface area contributed by atoms with E-state index in [4.69, 9.17) is 0 Å². The van der Waals surface area contributed by atoms with Gasteiger partial charge in [-0.1, -0.05) is 71.8 Å². The molecule has 102 valence electrons. The van der Waals surface area contributed by atoms with Crippen LogP contribution in [-0.2, 0) is 0 Å². The van der Waals surface area contributed by atoms with Gasteiger partial charge in [-0.3, -0.25) is 0 Å². The molecule has 0 aromatic heterocycles. The fourth-order valence-electron chi connectivity index (χ4n) is 3.33. The third kappa shape index (κ3) is 2.22. The molecule has 2 aromatic carbocycles. The molecule has 2 aliphatic carbocycles. The molecule has 2 unspecified atom stereocenters. The van der Waals surface area contributed by atoms with Gasteiger partial charge >= 0.3 is 0 Å². The largest absolute Gasteiger partial charge is 0.0796 e. The molecule has 2 atom stereocenters. The van der Waals surface area contributed by atoms with Crippen molar-refractivity contribution in [1.82, 2.24) is 0 Å². The highest BCUT2D eigenvalue weighted by Gasteiger charge is 2.25. The Morgan fingerprint density at radius 2 is 1.19 bits per heavy atom. The zero-order chi connectivity index (χ0) is 14.4. The highest BCUT2D eigenvalue weighted by molar-refractivity contribution is 6.43. The molecule has 2 aromatic rings. The molecule has 0 nitrogen and oxygen atoms in total. The van der Waals surface area contributed by atoms with E-state index in [9.17, 15) is 0 Å². The summed E-state index contributed by atoms with van der Waals surface area (Å²) in [5.74, 6) is 0. The average Bonchev–Trinajstić information content (AvgIpc) is 3.03. The third-order valence-corrected chi connectivity index (χ3v) is 6.18. The highest BCUT2D eigenvalue weighted by Crippen LogP contribution is 2.37. The quantitative estimate of drug-likeness (QED) is 0.693. The minimum absolute atomic E-state index is 0.586. The number of hydrogen-bond donors (Lipinski definition) is 0. The Kier molecular flexibility index (Phi) is 2.97. The zero-order valence-corrected chi connectivity index (χ0v) is 13.4. The van der Waals surface area contributed by atoms with Crippen LogP contribution in [0.15, 0.2) is 48.6 Å². The summed E-state index contributed by atoms with van der Waals surface area (Å²) >= 11 is 0. The number of benzene rings is 2. The first-order valence-electron chi connectivity index (χ1n) is 7.54. The van der Waals surface area contributed by atoms with Crippen LogP contribution in [0.1, 0.15) is 44.5 Å². The summed E-state index contributed by atoms with van der Waals surface area (Å²) in [7, 11) is 0.893. The Morgan fingerprint density at radius 1 is 0.714 bits per heavy atom. The molecule has 0 bridgehead atoms. The van der Waals surface area contributed by atoms with Gasteiger partial charge in [0.15, 0.2) is 0 Å². The van der Waals surface area contributed by atoms with E-state index in [1.54, 1.807) is 0 Å². The third-order valence-electron chi connectivity index (χ3n) is 4.45. The van der Waals surface area contributed by atoms with Gasteiger partial charge in [-0.2, -0.15) is 0 Å². The predicted molar refractivity (Wildman–Crippen MR) is 91.7 cm³/mol. The molecule has 2 aliphatic rings. The van der Waals surface area contributed by atoms with Gasteiger partial charge in [-0.15, -0.1) is 0 Å². The molecule has 0 saturated carbocycles. The summed E-state index contributed by atoms with van der Waals surface area (Å²) < 4.78 is 0. The number of fused-ring (bicyclic) bond motifs is 2. The predicted octanol–water partition coefficient (Wildman–Crippen LogP) is 4.84. The number of aryl methyl sites for hydroxylation is 2. The summed E-state index contributed by atoms with van der Waals surface area (Å²) in [6.07, 6.45) is 9.38. The van der Waals surface area contributed by atoms with Crippen LogP contribution < -0.4 is 0 Å². The van der Waals surface area contributed by atoms with Crippen molar-refractivity contribution in [2.75, 3.05) is 0 Å². The van der Waals surface area contributed by atoms with Crippen LogP contribution in [0.3, 0.4) is 0 Å². The van der Waals surface area contributed by atoms with Crippen molar-refractivity contribution in [3.63, 3.8) is 0 Å². The fourth-order valence-corrected chi connectivity index (χ4v) is 5.02. The highest BCUT2D eigenvalue weighted by atomic mass is 28.2. The van der Waals surface area contributed by atoms with E-state index >= 15 is 0 Å². The molecular formula is C20H18Si. The Bertz CT molecular complexity index is 702. The summed E-state index contributed by atoms with van der Waals surface area (Å²) in [4.78, 5) is 0. The average molecular weight is 286 g/mol. The lowest BCUT2D eigenvalue weighted by molar-refractivity contribution is 1.13. The maximum absolute atomic E-state index is 2.39. The number of allylic oxidation sites excluding steroid dienone is 2. The Balaban J connectivity index is 1.61. The molecule has 0 aliphatic heterocycles. The fraction of sp³-hybridized carbons (Fsp3) is 0.200. The van der Waals surface area contributed by atoms with E-state index in [-0.39, 0.29) is 0 Å². The van der Waals surface area contributed by atoms with Crippen molar-refractivity contribution in [2.45, 2.75) is 24.9 Å². The monoisotopic (exact) mass is 286 g/mol. The maximum Gasteiger partial charge on any atom is 0.0670 e. The van der Waals surface area contributed by atoms with Crippen LogP contribution in [-0.4, -0.2) is 9.52 Å². The van der Waals surface area contributed by atoms with Crippen molar-refractivity contribution < 1.29 is 0 Å². The van der Waals surface area contributed by atoms with Crippen molar-refractivity contribution >= 4 is 21.7 Å². The Morgan fingerprint density at radius 3 is 1.67 bits per heavy atom.